The second-order valence-electron chi connectivity index (χ2n) is 2.67. The van der Waals surface area contributed by atoms with E-state index in [1.807, 2.05) is 18.2 Å². The van der Waals surface area contributed by atoms with E-state index >= 15 is 0 Å². The number of nitrogens with one attached hydrogen (secondary N) is 1. The zero-order valence-corrected chi connectivity index (χ0v) is 9.30. The predicted octanol–water partition coefficient (Wildman–Crippen LogP) is 1.45. The lowest BCUT2D eigenvalue weighted by molar-refractivity contribution is -0.139. The fourth-order valence-electron chi connectivity index (χ4n) is 1.11. The molecule has 5 heteroatoms. The predicted molar refractivity (Wildman–Crippen MR) is 57.7 cm³/mol. The Morgan fingerprint density at radius 1 is 1.64 bits per heavy atom. The molecule has 0 spiro atoms. The Labute approximate surface area is 90.5 Å². The molecule has 4 nitrogen and oxygen atoms in total. The van der Waals surface area contributed by atoms with Crippen LogP contribution >= 0.6 is 15.9 Å². The number of para-hydroxylation sites is 1. The molecule has 0 aliphatic heterocycles. The minimum atomic E-state index is -0.292. The third kappa shape index (κ3) is 2.46. The molecule has 0 aliphatic rings. The number of hydrazine groups is 1. The van der Waals surface area contributed by atoms with E-state index in [9.17, 15) is 4.79 Å². The van der Waals surface area contributed by atoms with Crippen molar-refractivity contribution in [2.24, 2.45) is 5.84 Å². The zero-order valence-electron chi connectivity index (χ0n) is 7.71. The van der Waals surface area contributed by atoms with Crippen LogP contribution in [0.3, 0.4) is 0 Å². The van der Waals surface area contributed by atoms with Crippen LogP contribution in [-0.2, 0) is 16.0 Å². The Hall–Kier alpha value is -1.07. The first-order chi connectivity index (χ1) is 6.69. The molecular weight excluding hydrogens is 248 g/mol. The van der Waals surface area contributed by atoms with E-state index in [-0.39, 0.29) is 12.4 Å². The Balaban J connectivity index is 2.96. The summed E-state index contributed by atoms with van der Waals surface area (Å²) >= 11 is 3.32. The third-order valence-electron chi connectivity index (χ3n) is 1.81. The van der Waals surface area contributed by atoms with Gasteiger partial charge < -0.3 is 10.2 Å². The van der Waals surface area contributed by atoms with Crippen LogP contribution in [-0.4, -0.2) is 13.1 Å². The van der Waals surface area contributed by atoms with Crippen LogP contribution in [0, 0.1) is 0 Å². The van der Waals surface area contributed by atoms with E-state index in [1.165, 1.54) is 7.11 Å². The van der Waals surface area contributed by atoms with Gasteiger partial charge in [-0.15, -0.1) is 0 Å². The number of nitrogen functional groups attached to an aromatic ring is 1. The highest BCUT2D eigenvalue weighted by atomic mass is 79.9. The van der Waals surface area contributed by atoms with Crippen LogP contribution in [0.4, 0.5) is 5.69 Å². The van der Waals surface area contributed by atoms with Crippen LogP contribution < -0.4 is 11.3 Å². The maximum atomic E-state index is 11.1. The molecule has 0 bridgehead atoms. The van der Waals surface area contributed by atoms with E-state index in [1.54, 1.807) is 0 Å². The SMILES string of the molecule is COC(=O)Cc1cccc(Br)c1NN. The summed E-state index contributed by atoms with van der Waals surface area (Å²) in [5, 5.41) is 0. The molecule has 1 aromatic rings. The third-order valence-corrected chi connectivity index (χ3v) is 2.47. The van der Waals surface area contributed by atoms with Crippen molar-refractivity contribution in [2.75, 3.05) is 12.5 Å². The molecule has 0 unspecified atom stereocenters. The first-order valence-corrected chi connectivity index (χ1v) is 4.79. The number of halogens is 1. The van der Waals surface area contributed by atoms with Gasteiger partial charge in [0.25, 0.3) is 0 Å². The Bertz CT molecular complexity index is 342. The molecule has 14 heavy (non-hydrogen) atoms. The number of benzene rings is 1. The molecule has 1 aromatic carbocycles. The normalized spacial score (nSPS) is 9.64. The van der Waals surface area contributed by atoms with E-state index < -0.39 is 0 Å². The van der Waals surface area contributed by atoms with Crippen molar-refractivity contribution in [3.05, 3.63) is 28.2 Å². The fraction of sp³-hybridized carbons (Fsp3) is 0.222. The minimum absolute atomic E-state index is 0.204. The van der Waals surface area contributed by atoms with Gasteiger partial charge in [-0.3, -0.25) is 10.6 Å². The molecule has 0 radical (unpaired) electrons. The second-order valence-corrected chi connectivity index (χ2v) is 3.53. The molecule has 1 rings (SSSR count). The quantitative estimate of drug-likeness (QED) is 0.490. The molecule has 0 saturated heterocycles. The lowest BCUT2D eigenvalue weighted by Crippen LogP contribution is -2.12. The monoisotopic (exact) mass is 258 g/mol. The van der Waals surface area contributed by atoms with Crippen LogP contribution in [0.15, 0.2) is 22.7 Å². The number of carbonyl (C=O) groups excluding carboxylic acids is 1. The summed E-state index contributed by atoms with van der Waals surface area (Å²) < 4.78 is 5.39. The van der Waals surface area contributed by atoms with Gasteiger partial charge in [0.15, 0.2) is 0 Å². The molecular formula is C9H11BrN2O2. The number of ether oxygens (including phenoxy) is 1. The Morgan fingerprint density at radius 3 is 2.93 bits per heavy atom. The van der Waals surface area contributed by atoms with Crippen molar-refractivity contribution >= 4 is 27.6 Å². The van der Waals surface area contributed by atoms with Crippen molar-refractivity contribution in [1.29, 1.82) is 0 Å². The summed E-state index contributed by atoms with van der Waals surface area (Å²) in [5.41, 5.74) is 4.04. The van der Waals surface area contributed by atoms with Gasteiger partial charge in [-0.25, -0.2) is 0 Å². The Kier molecular flexibility index (Phi) is 3.91. The van der Waals surface area contributed by atoms with Gasteiger partial charge in [0, 0.05) is 4.47 Å². The lowest BCUT2D eigenvalue weighted by Gasteiger charge is -2.09. The number of hydrogen-bond acceptors (Lipinski definition) is 4. The fourth-order valence-corrected chi connectivity index (χ4v) is 1.63. The lowest BCUT2D eigenvalue weighted by atomic mass is 10.1. The number of nitrogens with two attached hydrogens (primary N) is 1. The highest BCUT2D eigenvalue weighted by Crippen LogP contribution is 2.25. The van der Waals surface area contributed by atoms with Crippen molar-refractivity contribution in [3.63, 3.8) is 0 Å². The average Bonchev–Trinajstić information content (AvgIpc) is 2.18. The van der Waals surface area contributed by atoms with Crippen molar-refractivity contribution < 1.29 is 9.53 Å². The van der Waals surface area contributed by atoms with Crippen LogP contribution in [0.25, 0.3) is 0 Å². The van der Waals surface area contributed by atoms with Crippen molar-refractivity contribution in [2.45, 2.75) is 6.42 Å². The van der Waals surface area contributed by atoms with Crippen LogP contribution in [0.2, 0.25) is 0 Å². The van der Waals surface area contributed by atoms with Crippen LogP contribution in [0.1, 0.15) is 5.56 Å². The van der Waals surface area contributed by atoms with Gasteiger partial charge in [0.05, 0.1) is 19.2 Å². The standard InChI is InChI=1S/C9H11BrN2O2/c1-14-8(13)5-6-3-2-4-7(10)9(6)12-11/h2-4,12H,5,11H2,1H3. The maximum absolute atomic E-state index is 11.1. The highest BCUT2D eigenvalue weighted by Gasteiger charge is 2.09. The average molecular weight is 259 g/mol. The van der Waals surface area contributed by atoms with E-state index in [0.717, 1.165) is 10.0 Å². The van der Waals surface area contributed by atoms with Gasteiger partial charge in [0.1, 0.15) is 0 Å². The van der Waals surface area contributed by atoms with E-state index in [4.69, 9.17) is 5.84 Å². The number of rotatable bonds is 3. The number of anilines is 1. The van der Waals surface area contributed by atoms with Gasteiger partial charge in [-0.2, -0.15) is 0 Å². The van der Waals surface area contributed by atoms with E-state index in [0.29, 0.717) is 5.69 Å². The minimum Gasteiger partial charge on any atom is -0.469 e. The molecule has 0 aromatic heterocycles. The molecule has 3 N–H and O–H groups in total. The first kappa shape index (κ1) is 11.0. The second kappa shape index (κ2) is 4.97. The smallest absolute Gasteiger partial charge is 0.310 e. The number of methoxy groups -OCH3 is 1. The summed E-state index contributed by atoms with van der Waals surface area (Å²) in [7, 11) is 1.36. The molecule has 0 amide bonds. The number of esters is 1. The summed E-state index contributed by atoms with van der Waals surface area (Å²) in [6, 6.07) is 5.50. The molecule has 76 valence electrons. The molecule has 0 heterocycles. The van der Waals surface area contributed by atoms with Crippen molar-refractivity contribution in [3.8, 4) is 0 Å². The number of hydrogen-bond donors (Lipinski definition) is 2. The summed E-state index contributed by atoms with van der Waals surface area (Å²) in [6.07, 6.45) is 0.204. The summed E-state index contributed by atoms with van der Waals surface area (Å²) in [6.45, 7) is 0. The van der Waals surface area contributed by atoms with Gasteiger partial charge in [0.2, 0.25) is 0 Å². The topological polar surface area (TPSA) is 64.3 Å². The van der Waals surface area contributed by atoms with Gasteiger partial charge >= 0.3 is 5.97 Å². The molecule has 0 aliphatic carbocycles. The zero-order chi connectivity index (χ0) is 10.6. The highest BCUT2D eigenvalue weighted by molar-refractivity contribution is 9.10. The summed E-state index contributed by atoms with van der Waals surface area (Å²) in [5.74, 6) is 5.04. The molecule has 0 atom stereocenters. The number of carbonyl (C=O) groups is 1. The summed E-state index contributed by atoms with van der Waals surface area (Å²) in [4.78, 5) is 11.1. The molecule has 0 saturated carbocycles. The van der Waals surface area contributed by atoms with Crippen LogP contribution in [0.5, 0.6) is 0 Å². The first-order valence-electron chi connectivity index (χ1n) is 4.00. The van der Waals surface area contributed by atoms with E-state index in [2.05, 4.69) is 26.1 Å². The molecule has 0 fully saturated rings. The largest absolute Gasteiger partial charge is 0.469 e. The van der Waals surface area contributed by atoms with Gasteiger partial charge in [-0.05, 0) is 27.6 Å². The van der Waals surface area contributed by atoms with Gasteiger partial charge in [-0.1, -0.05) is 12.1 Å². The Morgan fingerprint density at radius 2 is 2.36 bits per heavy atom. The van der Waals surface area contributed by atoms with Crippen molar-refractivity contribution in [1.82, 2.24) is 0 Å². The maximum Gasteiger partial charge on any atom is 0.310 e.